The predicted molar refractivity (Wildman–Crippen MR) is 106 cm³/mol. The molecule has 0 radical (unpaired) electrons. The molecule has 0 aliphatic rings. The third-order valence-electron chi connectivity index (χ3n) is 3.93. The Morgan fingerprint density at radius 1 is 0.963 bits per heavy atom. The average Bonchev–Trinajstić information content (AvgIpc) is 2.65. The molecule has 3 aromatic carbocycles. The highest BCUT2D eigenvalue weighted by Gasteiger charge is 2.14. The zero-order valence-corrected chi connectivity index (χ0v) is 15.6. The number of nitrogens with zero attached hydrogens (tertiary/aromatic N) is 1. The second kappa shape index (κ2) is 7.91. The Hall–Kier alpha value is -2.68. The van der Waals surface area contributed by atoms with Gasteiger partial charge in [0.2, 0.25) is 10.0 Å². The molecule has 0 atom stereocenters. The standard InChI is InChI=1S/C18H16ClN3O4S/c19-17-12-15(22(23)24)6-8-18(17)20-9-10-21-27(25,26)16-7-5-13-3-1-2-4-14(13)11-16/h1-8,11-12,20-21H,9-10H2. The maximum atomic E-state index is 12.4. The van der Waals surface area contributed by atoms with Crippen molar-refractivity contribution in [2.24, 2.45) is 0 Å². The molecule has 140 valence electrons. The van der Waals surface area contributed by atoms with Gasteiger partial charge in [-0.05, 0) is 29.0 Å². The summed E-state index contributed by atoms with van der Waals surface area (Å²) in [5, 5.41) is 15.7. The lowest BCUT2D eigenvalue weighted by atomic mass is 10.1. The Morgan fingerprint density at radius 3 is 2.41 bits per heavy atom. The molecular weight excluding hydrogens is 390 g/mol. The van der Waals surface area contributed by atoms with Gasteiger partial charge in [0.1, 0.15) is 0 Å². The van der Waals surface area contributed by atoms with E-state index in [0.717, 1.165) is 10.8 Å². The Kier molecular flexibility index (Phi) is 5.59. The lowest BCUT2D eigenvalue weighted by molar-refractivity contribution is -0.384. The van der Waals surface area contributed by atoms with Gasteiger partial charge in [-0.2, -0.15) is 0 Å². The van der Waals surface area contributed by atoms with Crippen LogP contribution in [-0.2, 0) is 10.0 Å². The van der Waals surface area contributed by atoms with Crippen molar-refractivity contribution >= 4 is 43.8 Å². The zero-order valence-electron chi connectivity index (χ0n) is 14.1. The van der Waals surface area contributed by atoms with Crippen molar-refractivity contribution in [1.29, 1.82) is 0 Å². The van der Waals surface area contributed by atoms with E-state index in [0.29, 0.717) is 5.69 Å². The first kappa shape index (κ1) is 19.1. The van der Waals surface area contributed by atoms with Gasteiger partial charge in [-0.3, -0.25) is 10.1 Å². The van der Waals surface area contributed by atoms with Gasteiger partial charge in [0.25, 0.3) is 5.69 Å². The van der Waals surface area contributed by atoms with E-state index in [1.807, 2.05) is 24.3 Å². The summed E-state index contributed by atoms with van der Waals surface area (Å²) in [6, 6.07) is 16.5. The minimum absolute atomic E-state index is 0.109. The van der Waals surface area contributed by atoms with Crippen LogP contribution in [0.25, 0.3) is 10.8 Å². The van der Waals surface area contributed by atoms with Gasteiger partial charge >= 0.3 is 0 Å². The number of nitro groups is 1. The van der Waals surface area contributed by atoms with Crippen molar-refractivity contribution in [3.63, 3.8) is 0 Å². The molecule has 0 heterocycles. The molecule has 0 fully saturated rings. The third-order valence-corrected chi connectivity index (χ3v) is 5.70. The Bertz CT molecular complexity index is 1100. The topological polar surface area (TPSA) is 101 Å². The van der Waals surface area contributed by atoms with Crippen LogP contribution in [0.3, 0.4) is 0 Å². The highest BCUT2D eigenvalue weighted by atomic mass is 35.5. The molecule has 3 aromatic rings. The molecule has 2 N–H and O–H groups in total. The number of hydrogen-bond donors (Lipinski definition) is 2. The number of rotatable bonds is 7. The van der Waals surface area contributed by atoms with Crippen molar-refractivity contribution in [3.05, 3.63) is 75.8 Å². The van der Waals surface area contributed by atoms with E-state index in [4.69, 9.17) is 11.6 Å². The predicted octanol–water partition coefficient (Wildman–Crippen LogP) is 3.79. The molecule has 0 aliphatic heterocycles. The quantitative estimate of drug-likeness (QED) is 0.353. The fourth-order valence-corrected chi connectivity index (χ4v) is 3.87. The van der Waals surface area contributed by atoms with Crippen LogP contribution in [0, 0.1) is 10.1 Å². The molecule has 3 rings (SSSR count). The van der Waals surface area contributed by atoms with Crippen molar-refractivity contribution in [2.45, 2.75) is 4.90 Å². The second-order valence-electron chi connectivity index (χ2n) is 5.75. The highest BCUT2D eigenvalue weighted by Crippen LogP contribution is 2.26. The fraction of sp³-hybridized carbons (Fsp3) is 0.111. The monoisotopic (exact) mass is 405 g/mol. The van der Waals surface area contributed by atoms with Crippen LogP contribution < -0.4 is 10.0 Å². The van der Waals surface area contributed by atoms with Gasteiger partial charge < -0.3 is 5.32 Å². The first-order chi connectivity index (χ1) is 12.9. The van der Waals surface area contributed by atoms with Crippen LogP contribution >= 0.6 is 11.6 Å². The van der Waals surface area contributed by atoms with Crippen molar-refractivity contribution in [3.8, 4) is 0 Å². The summed E-state index contributed by atoms with van der Waals surface area (Å²) in [6.45, 7) is 0.396. The number of fused-ring (bicyclic) bond motifs is 1. The van der Waals surface area contributed by atoms with Crippen molar-refractivity contribution in [2.75, 3.05) is 18.4 Å². The van der Waals surface area contributed by atoms with Crippen molar-refractivity contribution in [1.82, 2.24) is 4.72 Å². The largest absolute Gasteiger partial charge is 0.383 e. The van der Waals surface area contributed by atoms with E-state index >= 15 is 0 Å². The first-order valence-corrected chi connectivity index (χ1v) is 9.89. The van der Waals surface area contributed by atoms with Gasteiger partial charge in [-0.25, -0.2) is 13.1 Å². The summed E-state index contributed by atoms with van der Waals surface area (Å²) < 4.78 is 27.4. The smallest absolute Gasteiger partial charge is 0.271 e. The van der Waals surface area contributed by atoms with Crippen molar-refractivity contribution < 1.29 is 13.3 Å². The van der Waals surface area contributed by atoms with Crippen LogP contribution in [0.4, 0.5) is 11.4 Å². The molecule has 7 nitrogen and oxygen atoms in total. The summed E-state index contributed by atoms with van der Waals surface area (Å²) in [5.41, 5.74) is 0.384. The fourth-order valence-electron chi connectivity index (χ4n) is 2.56. The molecule has 0 aliphatic carbocycles. The van der Waals surface area contributed by atoms with Gasteiger partial charge in [0.05, 0.1) is 20.5 Å². The number of halogens is 1. The molecule has 0 saturated heterocycles. The number of anilines is 1. The van der Waals surface area contributed by atoms with Gasteiger partial charge in [0, 0.05) is 25.2 Å². The molecule has 0 aromatic heterocycles. The van der Waals surface area contributed by atoms with Gasteiger partial charge in [-0.1, -0.05) is 41.9 Å². The number of nitro benzene ring substituents is 1. The molecule has 0 unspecified atom stereocenters. The van der Waals surface area contributed by atoms with Crippen LogP contribution in [0.1, 0.15) is 0 Å². The zero-order chi connectivity index (χ0) is 19.4. The van der Waals surface area contributed by atoms with E-state index in [2.05, 4.69) is 10.0 Å². The Balaban J connectivity index is 1.61. The third kappa shape index (κ3) is 4.54. The molecule has 0 saturated carbocycles. The minimum Gasteiger partial charge on any atom is -0.383 e. The molecule has 0 amide bonds. The average molecular weight is 406 g/mol. The first-order valence-electron chi connectivity index (χ1n) is 8.03. The van der Waals surface area contributed by atoms with E-state index in [1.54, 1.807) is 18.2 Å². The van der Waals surface area contributed by atoms with E-state index in [-0.39, 0.29) is 28.7 Å². The Labute approximate surface area is 161 Å². The van der Waals surface area contributed by atoms with Gasteiger partial charge in [0.15, 0.2) is 0 Å². The lowest BCUT2D eigenvalue weighted by Crippen LogP contribution is -2.29. The van der Waals surface area contributed by atoms with E-state index < -0.39 is 14.9 Å². The summed E-state index contributed by atoms with van der Waals surface area (Å²) >= 11 is 5.99. The number of hydrogen-bond acceptors (Lipinski definition) is 5. The summed E-state index contributed by atoms with van der Waals surface area (Å²) in [7, 11) is -3.65. The molecular formula is C18H16ClN3O4S. The normalized spacial score (nSPS) is 11.4. The summed E-state index contributed by atoms with van der Waals surface area (Å²) in [4.78, 5) is 10.4. The Morgan fingerprint density at radius 2 is 1.70 bits per heavy atom. The molecule has 9 heteroatoms. The summed E-state index contributed by atoms with van der Waals surface area (Å²) in [5.74, 6) is 0. The minimum atomic E-state index is -3.65. The van der Waals surface area contributed by atoms with Crippen LogP contribution in [0.2, 0.25) is 5.02 Å². The number of nitrogens with one attached hydrogen (secondary N) is 2. The number of benzene rings is 3. The van der Waals surface area contributed by atoms with Crippen LogP contribution in [-0.4, -0.2) is 26.4 Å². The molecule has 0 spiro atoms. The van der Waals surface area contributed by atoms with E-state index in [9.17, 15) is 18.5 Å². The molecule has 0 bridgehead atoms. The molecule has 27 heavy (non-hydrogen) atoms. The SMILES string of the molecule is O=[N+]([O-])c1ccc(NCCNS(=O)(=O)c2ccc3ccccc3c2)c(Cl)c1. The van der Waals surface area contributed by atoms with Gasteiger partial charge in [-0.15, -0.1) is 0 Å². The maximum absolute atomic E-state index is 12.4. The van der Waals surface area contributed by atoms with Crippen LogP contribution in [0.15, 0.2) is 65.6 Å². The summed E-state index contributed by atoms with van der Waals surface area (Å²) in [6.07, 6.45) is 0. The highest BCUT2D eigenvalue weighted by molar-refractivity contribution is 7.89. The maximum Gasteiger partial charge on any atom is 0.271 e. The number of non-ortho nitro benzene ring substituents is 1. The number of sulfonamides is 1. The lowest BCUT2D eigenvalue weighted by Gasteiger charge is -2.10. The van der Waals surface area contributed by atoms with Crippen LogP contribution in [0.5, 0.6) is 0 Å². The van der Waals surface area contributed by atoms with E-state index in [1.165, 1.54) is 18.2 Å². The second-order valence-corrected chi connectivity index (χ2v) is 7.93.